The summed E-state index contributed by atoms with van der Waals surface area (Å²) in [5, 5.41) is 20.3. The van der Waals surface area contributed by atoms with E-state index in [4.69, 9.17) is 9.52 Å². The molecule has 1 amide bonds. The van der Waals surface area contributed by atoms with Crippen molar-refractivity contribution in [3.8, 4) is 0 Å². The number of aliphatic hydroxyl groups excluding tert-OH is 1. The summed E-state index contributed by atoms with van der Waals surface area (Å²) in [6, 6.07) is 1.78. The van der Waals surface area contributed by atoms with Crippen LogP contribution in [0.5, 0.6) is 0 Å². The molecule has 0 bridgehead atoms. The second kappa shape index (κ2) is 6.46. The van der Waals surface area contributed by atoms with Crippen molar-refractivity contribution < 1.29 is 24.2 Å². The van der Waals surface area contributed by atoms with E-state index in [1.54, 1.807) is 17.8 Å². The van der Waals surface area contributed by atoms with Crippen molar-refractivity contribution in [1.29, 1.82) is 0 Å². The van der Waals surface area contributed by atoms with Gasteiger partial charge in [0.15, 0.2) is 11.8 Å². The third-order valence-electron chi connectivity index (χ3n) is 2.21. The Balaban J connectivity index is 2.71. The number of carbonyl (C=O) groups excluding carboxylic acids is 1. The molecule has 0 saturated heterocycles. The van der Waals surface area contributed by atoms with Crippen LogP contribution in [0.15, 0.2) is 16.5 Å². The molecule has 0 radical (unpaired) electrons. The molecule has 1 rings (SSSR count). The van der Waals surface area contributed by atoms with Crippen molar-refractivity contribution in [2.45, 2.75) is 24.8 Å². The second-order valence-electron chi connectivity index (χ2n) is 3.73. The average Bonchev–Trinajstić information content (AvgIpc) is 2.73. The zero-order valence-electron chi connectivity index (χ0n) is 10.0. The van der Waals surface area contributed by atoms with Crippen molar-refractivity contribution >= 4 is 23.6 Å². The topological polar surface area (TPSA) is 99.8 Å². The van der Waals surface area contributed by atoms with E-state index in [2.05, 4.69) is 5.32 Å². The molecule has 0 saturated carbocycles. The Morgan fingerprint density at radius 2 is 2.17 bits per heavy atom. The summed E-state index contributed by atoms with van der Waals surface area (Å²) in [6.45, 7) is 1.29. The lowest BCUT2D eigenvalue weighted by Gasteiger charge is -2.15. The monoisotopic (exact) mass is 273 g/mol. The maximum Gasteiger partial charge on any atom is 0.328 e. The first kappa shape index (κ1) is 14.6. The second-order valence-corrected chi connectivity index (χ2v) is 4.59. The zero-order valence-corrected chi connectivity index (χ0v) is 10.9. The summed E-state index contributed by atoms with van der Waals surface area (Å²) in [5.41, 5.74) is 0. The van der Waals surface area contributed by atoms with E-state index in [0.29, 0.717) is 11.5 Å². The summed E-state index contributed by atoms with van der Waals surface area (Å²) in [5.74, 6) is -0.654. The van der Waals surface area contributed by atoms with Crippen molar-refractivity contribution in [2.24, 2.45) is 0 Å². The van der Waals surface area contributed by atoms with Crippen molar-refractivity contribution in [3.05, 3.63) is 23.7 Å². The van der Waals surface area contributed by atoms with E-state index >= 15 is 0 Å². The van der Waals surface area contributed by atoms with E-state index in [9.17, 15) is 14.7 Å². The van der Waals surface area contributed by atoms with Crippen molar-refractivity contribution in [3.63, 3.8) is 0 Å². The molecule has 1 aromatic rings. The van der Waals surface area contributed by atoms with E-state index in [1.807, 2.05) is 6.26 Å². The first-order valence-corrected chi connectivity index (χ1v) is 6.64. The van der Waals surface area contributed by atoms with Gasteiger partial charge >= 0.3 is 5.97 Å². The molecule has 7 heteroatoms. The minimum atomic E-state index is -1.35. The molecule has 0 spiro atoms. The lowest BCUT2D eigenvalue weighted by Crippen LogP contribution is -2.47. The van der Waals surface area contributed by atoms with Crippen LogP contribution in [-0.2, 0) is 10.5 Å². The van der Waals surface area contributed by atoms with E-state index in [1.165, 1.54) is 13.0 Å². The average molecular weight is 273 g/mol. The van der Waals surface area contributed by atoms with Gasteiger partial charge in [-0.1, -0.05) is 0 Å². The minimum absolute atomic E-state index is 0.0333. The number of furan rings is 1. The van der Waals surface area contributed by atoms with Gasteiger partial charge in [-0.25, -0.2) is 4.79 Å². The molecule has 18 heavy (non-hydrogen) atoms. The number of carboxylic acid groups (broad SMARTS) is 1. The predicted molar refractivity (Wildman–Crippen MR) is 66.5 cm³/mol. The van der Waals surface area contributed by atoms with Crippen LogP contribution in [-0.4, -0.2) is 40.5 Å². The third kappa shape index (κ3) is 3.78. The molecule has 0 aliphatic rings. The Kier molecular flexibility index (Phi) is 5.24. The smallest absolute Gasteiger partial charge is 0.328 e. The number of hydrogen-bond acceptors (Lipinski definition) is 5. The Morgan fingerprint density at radius 1 is 1.50 bits per heavy atom. The molecule has 0 aliphatic carbocycles. The number of carboxylic acids is 1. The summed E-state index contributed by atoms with van der Waals surface area (Å²) in [7, 11) is 0. The largest absolute Gasteiger partial charge is 0.480 e. The van der Waals surface area contributed by atoms with Gasteiger partial charge in [-0.2, -0.15) is 11.8 Å². The number of thioether (sulfide) groups is 1. The molecule has 0 unspecified atom stereocenters. The minimum Gasteiger partial charge on any atom is -0.480 e. The van der Waals surface area contributed by atoms with E-state index in [0.717, 1.165) is 0 Å². The number of carbonyl (C=O) groups is 2. The number of aliphatic carboxylic acids is 1. The van der Waals surface area contributed by atoms with Gasteiger partial charge in [0, 0.05) is 0 Å². The van der Waals surface area contributed by atoms with Crippen LogP contribution >= 0.6 is 11.8 Å². The Bertz CT molecular complexity index is 429. The number of aliphatic hydroxyl groups is 1. The fraction of sp³-hybridized carbons (Fsp3) is 0.455. The first-order chi connectivity index (χ1) is 8.45. The fourth-order valence-electron chi connectivity index (χ4n) is 1.32. The summed E-state index contributed by atoms with van der Waals surface area (Å²) in [4.78, 5) is 22.5. The van der Waals surface area contributed by atoms with Gasteiger partial charge in [-0.15, -0.1) is 0 Å². The molecule has 1 heterocycles. The van der Waals surface area contributed by atoms with Crippen molar-refractivity contribution in [2.75, 3.05) is 6.26 Å². The Labute approximate surface area is 108 Å². The first-order valence-electron chi connectivity index (χ1n) is 5.25. The maximum atomic E-state index is 11.7. The number of amides is 1. The van der Waals surface area contributed by atoms with Crippen LogP contribution in [0.2, 0.25) is 0 Å². The van der Waals surface area contributed by atoms with Gasteiger partial charge in [0.25, 0.3) is 5.91 Å². The van der Waals surface area contributed by atoms with Crippen LogP contribution in [0.1, 0.15) is 23.2 Å². The van der Waals surface area contributed by atoms with E-state index < -0.39 is 24.0 Å². The molecule has 0 fully saturated rings. The van der Waals surface area contributed by atoms with Gasteiger partial charge in [0.1, 0.15) is 5.76 Å². The van der Waals surface area contributed by atoms with Crippen LogP contribution < -0.4 is 5.32 Å². The lowest BCUT2D eigenvalue weighted by molar-refractivity contribution is -0.141. The molecular formula is C11H15NO5S. The predicted octanol–water partition coefficient (Wildman–Crippen LogP) is 0.706. The van der Waals surface area contributed by atoms with Gasteiger partial charge in [0.05, 0.1) is 11.9 Å². The summed E-state index contributed by atoms with van der Waals surface area (Å²) in [6.07, 6.45) is 0.711. The van der Waals surface area contributed by atoms with Gasteiger partial charge in [-0.3, -0.25) is 4.79 Å². The van der Waals surface area contributed by atoms with Crippen molar-refractivity contribution in [1.82, 2.24) is 5.32 Å². The highest BCUT2D eigenvalue weighted by Crippen LogP contribution is 2.13. The number of hydrogen-bond donors (Lipinski definition) is 3. The highest BCUT2D eigenvalue weighted by atomic mass is 32.2. The third-order valence-corrected chi connectivity index (χ3v) is 2.78. The SMILES string of the molecule is CSCc1ccc(C(=O)N[C@H](C(=O)O)[C@@H](C)O)o1. The fourth-order valence-corrected chi connectivity index (χ4v) is 1.76. The lowest BCUT2D eigenvalue weighted by atomic mass is 10.2. The molecule has 0 aliphatic heterocycles. The van der Waals surface area contributed by atoms with Crippen LogP contribution in [0.25, 0.3) is 0 Å². The number of rotatable bonds is 6. The molecule has 2 atom stereocenters. The Hall–Kier alpha value is -1.47. The standard InChI is InChI=1S/C11H15NO5S/c1-6(13)9(11(15)16)12-10(14)8-4-3-7(17-8)5-18-2/h3-4,6,9,13H,5H2,1-2H3,(H,12,14)(H,15,16)/t6-,9+/m1/s1. The van der Waals surface area contributed by atoms with Gasteiger partial charge in [0.2, 0.25) is 0 Å². The van der Waals surface area contributed by atoms with E-state index in [-0.39, 0.29) is 5.76 Å². The van der Waals surface area contributed by atoms with Crippen LogP contribution in [0.3, 0.4) is 0 Å². The Morgan fingerprint density at radius 3 is 2.67 bits per heavy atom. The van der Waals surface area contributed by atoms with Gasteiger partial charge in [-0.05, 0) is 25.3 Å². The summed E-state index contributed by atoms with van der Waals surface area (Å²) >= 11 is 1.54. The quantitative estimate of drug-likeness (QED) is 0.705. The van der Waals surface area contributed by atoms with Crippen LogP contribution in [0.4, 0.5) is 0 Å². The molecule has 1 aromatic heterocycles. The molecule has 0 aromatic carbocycles. The normalized spacial score (nSPS) is 13.9. The van der Waals surface area contributed by atoms with Crippen LogP contribution in [0, 0.1) is 0 Å². The highest BCUT2D eigenvalue weighted by Gasteiger charge is 2.26. The molecule has 3 N–H and O–H groups in total. The highest BCUT2D eigenvalue weighted by molar-refractivity contribution is 7.97. The zero-order chi connectivity index (χ0) is 13.7. The maximum absolute atomic E-state index is 11.7. The molecular weight excluding hydrogens is 258 g/mol. The molecule has 100 valence electrons. The van der Waals surface area contributed by atoms with Gasteiger partial charge < -0.3 is 19.9 Å². The molecule has 6 nitrogen and oxygen atoms in total. The summed E-state index contributed by atoms with van der Waals surface area (Å²) < 4.78 is 5.24. The number of nitrogens with one attached hydrogen (secondary N) is 1.